The van der Waals surface area contributed by atoms with Crippen molar-refractivity contribution in [2.75, 3.05) is 13.2 Å². The van der Waals surface area contributed by atoms with E-state index in [1.54, 1.807) is 0 Å². The summed E-state index contributed by atoms with van der Waals surface area (Å²) in [7, 11) is 0. The molecule has 0 unspecified atom stereocenters. The van der Waals surface area contributed by atoms with Crippen LogP contribution in [0.25, 0.3) is 0 Å². The molecule has 28 heavy (non-hydrogen) atoms. The van der Waals surface area contributed by atoms with Gasteiger partial charge in [0, 0.05) is 30.3 Å². The third-order valence-corrected chi connectivity index (χ3v) is 5.36. The summed E-state index contributed by atoms with van der Waals surface area (Å²) in [5.41, 5.74) is 5.41. The van der Waals surface area contributed by atoms with Gasteiger partial charge in [-0.15, -0.1) is 0 Å². The number of aryl methyl sites for hydroxylation is 4. The number of hydrogen-bond donors (Lipinski definition) is 4. The molecule has 4 N–H and O–H groups in total. The van der Waals surface area contributed by atoms with Crippen LogP contribution in [0.1, 0.15) is 66.0 Å². The van der Waals surface area contributed by atoms with E-state index in [0.717, 1.165) is 46.2 Å². The summed E-state index contributed by atoms with van der Waals surface area (Å²) in [6.45, 7) is 8.23. The van der Waals surface area contributed by atoms with Crippen molar-refractivity contribution in [1.29, 1.82) is 0 Å². The van der Waals surface area contributed by atoms with Crippen LogP contribution in [0.15, 0.2) is 24.3 Å². The molecule has 0 saturated heterocycles. The van der Waals surface area contributed by atoms with Crippen molar-refractivity contribution < 1.29 is 20.4 Å². The molecule has 0 fully saturated rings. The average molecular weight is 387 g/mol. The highest BCUT2D eigenvalue weighted by Crippen LogP contribution is 2.43. The maximum absolute atomic E-state index is 10.8. The molecule has 0 saturated carbocycles. The van der Waals surface area contributed by atoms with Crippen molar-refractivity contribution >= 4 is 0 Å². The van der Waals surface area contributed by atoms with Crippen LogP contribution < -0.4 is 0 Å². The second-order valence-electron chi connectivity index (χ2n) is 8.08. The van der Waals surface area contributed by atoms with Crippen molar-refractivity contribution in [2.45, 2.75) is 59.3 Å². The fourth-order valence-corrected chi connectivity index (χ4v) is 3.98. The number of aliphatic hydroxyl groups is 2. The third-order valence-electron chi connectivity index (χ3n) is 5.36. The normalized spacial score (nSPS) is 11.6. The first-order chi connectivity index (χ1) is 13.3. The molecule has 0 heterocycles. The van der Waals surface area contributed by atoms with E-state index in [0.29, 0.717) is 12.8 Å². The van der Waals surface area contributed by atoms with Crippen molar-refractivity contribution in [1.82, 2.24) is 0 Å². The van der Waals surface area contributed by atoms with Gasteiger partial charge in [-0.3, -0.25) is 0 Å². The summed E-state index contributed by atoms with van der Waals surface area (Å²) in [5.74, 6) is 0.547. The van der Waals surface area contributed by atoms with E-state index in [4.69, 9.17) is 10.2 Å². The molecule has 0 aliphatic carbocycles. The van der Waals surface area contributed by atoms with Gasteiger partial charge < -0.3 is 20.4 Å². The molecule has 0 spiro atoms. The first-order valence-corrected chi connectivity index (χ1v) is 10.2. The molecule has 2 rings (SSSR count). The van der Waals surface area contributed by atoms with Crippen molar-refractivity contribution in [3.05, 3.63) is 57.6 Å². The number of rotatable bonds is 9. The molecule has 0 aliphatic heterocycles. The van der Waals surface area contributed by atoms with E-state index in [1.807, 2.05) is 38.1 Å². The Bertz CT molecular complexity index is 732. The van der Waals surface area contributed by atoms with E-state index in [9.17, 15) is 10.2 Å². The van der Waals surface area contributed by atoms with Crippen LogP contribution in [0.2, 0.25) is 0 Å². The zero-order valence-corrected chi connectivity index (χ0v) is 17.5. The number of aromatic hydroxyl groups is 2. The molecule has 2 aromatic rings. The Morgan fingerprint density at radius 3 is 1.43 bits per heavy atom. The minimum absolute atomic E-state index is 0.135. The lowest BCUT2D eigenvalue weighted by molar-refractivity contribution is 0.288. The van der Waals surface area contributed by atoms with Gasteiger partial charge in [-0.1, -0.05) is 38.1 Å². The predicted molar refractivity (Wildman–Crippen MR) is 113 cm³/mol. The molecule has 4 nitrogen and oxygen atoms in total. The molecule has 0 atom stereocenters. The maximum atomic E-state index is 10.8. The number of phenolic OH excluding ortho intramolecular Hbond substituents is 2. The molecule has 2 aromatic carbocycles. The average Bonchev–Trinajstić information content (AvgIpc) is 2.65. The molecular weight excluding hydrogens is 352 g/mol. The zero-order valence-electron chi connectivity index (χ0n) is 17.5. The van der Waals surface area contributed by atoms with Crippen LogP contribution in [-0.4, -0.2) is 33.6 Å². The number of aliphatic hydroxyl groups excluding tert-OH is 2. The number of phenols is 2. The van der Waals surface area contributed by atoms with Gasteiger partial charge in [0.05, 0.1) is 0 Å². The van der Waals surface area contributed by atoms with Crippen molar-refractivity contribution in [2.24, 2.45) is 5.92 Å². The molecule has 0 aliphatic rings. The Kier molecular flexibility index (Phi) is 7.90. The van der Waals surface area contributed by atoms with Gasteiger partial charge in [0.2, 0.25) is 0 Å². The minimum Gasteiger partial charge on any atom is -0.507 e. The van der Waals surface area contributed by atoms with Gasteiger partial charge in [0.1, 0.15) is 11.5 Å². The smallest absolute Gasteiger partial charge is 0.122 e. The first kappa shape index (κ1) is 22.3. The number of benzene rings is 2. The van der Waals surface area contributed by atoms with Crippen LogP contribution in [0, 0.1) is 19.8 Å². The maximum Gasteiger partial charge on any atom is 0.122 e. The van der Waals surface area contributed by atoms with Gasteiger partial charge in [0.25, 0.3) is 0 Å². The molecule has 0 aromatic heterocycles. The lowest BCUT2D eigenvalue weighted by atomic mass is 9.79. The molecule has 0 radical (unpaired) electrons. The summed E-state index contributed by atoms with van der Waals surface area (Å²) in [6.07, 6.45) is 2.85. The molecule has 4 heteroatoms. The fraction of sp³-hybridized carbons (Fsp3) is 0.500. The summed E-state index contributed by atoms with van der Waals surface area (Å²) in [4.78, 5) is 0. The van der Waals surface area contributed by atoms with Gasteiger partial charge in [-0.2, -0.15) is 0 Å². The Labute approximate surface area is 168 Å². The Balaban J connectivity index is 2.60. The van der Waals surface area contributed by atoms with E-state index in [1.165, 1.54) is 0 Å². The van der Waals surface area contributed by atoms with E-state index in [-0.39, 0.29) is 36.5 Å². The van der Waals surface area contributed by atoms with Gasteiger partial charge in [0.15, 0.2) is 0 Å². The molecule has 0 bridgehead atoms. The van der Waals surface area contributed by atoms with Crippen molar-refractivity contribution in [3.8, 4) is 11.5 Å². The molecular formula is C24H34O4. The SMILES string of the molecule is Cc1cc(CCCO)cc(C(c2cc(CCCO)cc(C)c2O)C(C)C)c1O. The first-order valence-electron chi connectivity index (χ1n) is 10.2. The lowest BCUT2D eigenvalue weighted by Gasteiger charge is -2.26. The van der Waals surface area contributed by atoms with Crippen LogP contribution in [0.5, 0.6) is 11.5 Å². The second kappa shape index (κ2) is 9.94. The van der Waals surface area contributed by atoms with Crippen LogP contribution in [0.4, 0.5) is 0 Å². The quantitative estimate of drug-likeness (QED) is 0.516. The number of hydrogen-bond acceptors (Lipinski definition) is 4. The highest BCUT2D eigenvalue weighted by molar-refractivity contribution is 5.54. The second-order valence-corrected chi connectivity index (χ2v) is 8.08. The standard InChI is InChI=1S/C24H34O4/c1-15(2)22(20-13-18(7-5-9-25)11-16(3)23(20)27)21-14-19(8-6-10-26)12-17(4)24(21)28/h11-15,22,25-28H,5-10H2,1-4H3. The Morgan fingerprint density at radius 2 is 1.11 bits per heavy atom. The highest BCUT2D eigenvalue weighted by Gasteiger charge is 2.26. The molecule has 154 valence electrons. The minimum atomic E-state index is -0.152. The van der Waals surface area contributed by atoms with Crippen LogP contribution in [0.3, 0.4) is 0 Å². The Hall–Kier alpha value is -2.04. The summed E-state index contributed by atoms with van der Waals surface area (Å²) < 4.78 is 0. The summed E-state index contributed by atoms with van der Waals surface area (Å²) in [6, 6.07) is 7.96. The van der Waals surface area contributed by atoms with E-state index >= 15 is 0 Å². The monoisotopic (exact) mass is 386 g/mol. The van der Waals surface area contributed by atoms with Crippen LogP contribution >= 0.6 is 0 Å². The van der Waals surface area contributed by atoms with Gasteiger partial charge in [-0.25, -0.2) is 0 Å². The summed E-state index contributed by atoms with van der Waals surface area (Å²) in [5, 5.41) is 40.0. The topological polar surface area (TPSA) is 80.9 Å². The predicted octanol–water partition coefficient (Wildman–Crippen LogP) is 4.35. The third kappa shape index (κ3) is 5.06. The fourth-order valence-electron chi connectivity index (χ4n) is 3.98. The molecule has 0 amide bonds. The van der Waals surface area contributed by atoms with E-state index < -0.39 is 0 Å². The summed E-state index contributed by atoms with van der Waals surface area (Å²) >= 11 is 0. The van der Waals surface area contributed by atoms with E-state index in [2.05, 4.69) is 13.8 Å². The zero-order chi connectivity index (χ0) is 20.8. The lowest BCUT2D eigenvalue weighted by Crippen LogP contribution is -2.12. The Morgan fingerprint density at radius 1 is 0.714 bits per heavy atom. The van der Waals surface area contributed by atoms with Crippen molar-refractivity contribution in [3.63, 3.8) is 0 Å². The van der Waals surface area contributed by atoms with Gasteiger partial charge >= 0.3 is 0 Å². The van der Waals surface area contributed by atoms with Crippen LogP contribution in [-0.2, 0) is 12.8 Å². The largest absolute Gasteiger partial charge is 0.507 e. The highest BCUT2D eigenvalue weighted by atomic mass is 16.3. The van der Waals surface area contributed by atoms with Gasteiger partial charge in [-0.05, 0) is 67.7 Å².